The first-order valence-corrected chi connectivity index (χ1v) is 9.55. The molecule has 0 atom stereocenters. The van der Waals surface area contributed by atoms with Crippen LogP contribution in [0.4, 0.5) is 23.2 Å². The predicted octanol–water partition coefficient (Wildman–Crippen LogP) is 2.76. The smallest absolute Gasteiger partial charge is 0.271 e. The van der Waals surface area contributed by atoms with Gasteiger partial charge in [-0.2, -0.15) is 18.3 Å². The molecule has 0 fully saturated rings. The van der Waals surface area contributed by atoms with E-state index < -0.39 is 40.0 Å². The molecule has 0 saturated carbocycles. The normalized spacial score (nSPS) is 12.2. The Morgan fingerprint density at radius 1 is 1.18 bits per heavy atom. The van der Waals surface area contributed by atoms with Gasteiger partial charge in [0, 0.05) is 5.56 Å². The number of hydrazone groups is 1. The van der Waals surface area contributed by atoms with Crippen LogP contribution in [0, 0.1) is 5.82 Å². The summed E-state index contributed by atoms with van der Waals surface area (Å²) >= 11 is 0. The van der Waals surface area contributed by atoms with Crippen LogP contribution in [0.1, 0.15) is 11.1 Å². The largest absolute Gasteiger partial charge is 0.416 e. The highest BCUT2D eigenvalue weighted by Crippen LogP contribution is 2.32. The summed E-state index contributed by atoms with van der Waals surface area (Å²) in [5, 5.41) is 3.52. The number of nitrogens with zero attached hydrogens (tertiary/aromatic N) is 2. The number of sulfonamides is 1. The number of carbonyl (C=O) groups is 1. The molecule has 0 spiro atoms. The van der Waals surface area contributed by atoms with E-state index in [1.807, 2.05) is 5.43 Å². The number of hydrogen-bond acceptors (Lipinski definition) is 4. The number of halogens is 4. The third-order valence-corrected chi connectivity index (χ3v) is 4.59. The van der Waals surface area contributed by atoms with E-state index in [1.165, 1.54) is 18.2 Å². The van der Waals surface area contributed by atoms with Crippen molar-refractivity contribution >= 4 is 27.8 Å². The number of amides is 1. The molecule has 0 aliphatic rings. The van der Waals surface area contributed by atoms with E-state index in [-0.39, 0.29) is 11.3 Å². The molecule has 28 heavy (non-hydrogen) atoms. The summed E-state index contributed by atoms with van der Waals surface area (Å²) in [6, 6.07) is 9.16. The molecule has 2 aromatic rings. The number of nitrogens with one attached hydrogen (secondary N) is 1. The Morgan fingerprint density at radius 2 is 1.86 bits per heavy atom. The van der Waals surface area contributed by atoms with Crippen LogP contribution in [-0.4, -0.2) is 33.3 Å². The van der Waals surface area contributed by atoms with Crippen LogP contribution in [0.25, 0.3) is 0 Å². The summed E-state index contributed by atoms with van der Waals surface area (Å²) in [6.45, 7) is -0.811. The quantitative estimate of drug-likeness (QED) is 0.446. The minimum absolute atomic E-state index is 0.0839. The van der Waals surface area contributed by atoms with Gasteiger partial charge < -0.3 is 0 Å². The molecule has 0 aliphatic heterocycles. The maximum absolute atomic E-state index is 13.5. The standard InChI is InChI=1S/C17H15F4N3O3S/c1-28(26,27)24(14-7-4-6-13(9-14)17(19,20)21)11-16(25)23-22-10-12-5-2-3-8-15(12)18/h2-10H,11H2,1H3,(H,23,25)/b22-10-. The lowest BCUT2D eigenvalue weighted by atomic mass is 10.2. The van der Waals surface area contributed by atoms with Gasteiger partial charge in [-0.1, -0.05) is 24.3 Å². The first-order chi connectivity index (χ1) is 13.0. The SMILES string of the molecule is CS(=O)(=O)N(CC(=O)N/N=C\c1ccccc1F)c1cccc(C(F)(F)F)c1. The van der Waals surface area contributed by atoms with Gasteiger partial charge >= 0.3 is 6.18 Å². The van der Waals surface area contributed by atoms with E-state index in [0.717, 1.165) is 30.7 Å². The van der Waals surface area contributed by atoms with Crippen LogP contribution in [0.5, 0.6) is 0 Å². The Bertz CT molecular complexity index is 991. The number of alkyl halides is 3. The van der Waals surface area contributed by atoms with Crippen molar-refractivity contribution < 1.29 is 30.8 Å². The van der Waals surface area contributed by atoms with Crippen molar-refractivity contribution in [3.05, 3.63) is 65.5 Å². The molecule has 150 valence electrons. The van der Waals surface area contributed by atoms with E-state index in [0.29, 0.717) is 10.4 Å². The Hall–Kier alpha value is -2.95. The van der Waals surface area contributed by atoms with Crippen LogP contribution < -0.4 is 9.73 Å². The molecule has 2 rings (SSSR count). The Kier molecular flexibility index (Phi) is 6.39. The lowest BCUT2D eigenvalue weighted by Gasteiger charge is -2.22. The number of carbonyl (C=O) groups excluding carboxylic acids is 1. The van der Waals surface area contributed by atoms with Gasteiger partial charge in [0.05, 0.1) is 23.7 Å². The zero-order chi connectivity index (χ0) is 20.9. The lowest BCUT2D eigenvalue weighted by molar-refractivity contribution is -0.137. The van der Waals surface area contributed by atoms with E-state index in [1.54, 1.807) is 6.07 Å². The van der Waals surface area contributed by atoms with Crippen LogP contribution in [0.2, 0.25) is 0 Å². The second-order valence-electron chi connectivity index (χ2n) is 5.63. The summed E-state index contributed by atoms with van der Waals surface area (Å²) in [4.78, 5) is 12.0. The summed E-state index contributed by atoms with van der Waals surface area (Å²) in [5.74, 6) is -1.50. The minimum atomic E-state index is -4.68. The zero-order valence-electron chi connectivity index (χ0n) is 14.4. The van der Waals surface area contributed by atoms with E-state index in [9.17, 15) is 30.8 Å². The van der Waals surface area contributed by atoms with Gasteiger partial charge in [-0.3, -0.25) is 9.10 Å². The van der Waals surface area contributed by atoms with Gasteiger partial charge in [-0.15, -0.1) is 0 Å². The highest BCUT2D eigenvalue weighted by Gasteiger charge is 2.31. The number of hydrogen-bond donors (Lipinski definition) is 1. The van der Waals surface area contributed by atoms with Crippen LogP contribution in [-0.2, 0) is 21.0 Å². The van der Waals surface area contributed by atoms with Crippen LogP contribution in [0.3, 0.4) is 0 Å². The first kappa shape index (κ1) is 21.4. The molecule has 11 heteroatoms. The van der Waals surface area contributed by atoms with Crippen molar-refractivity contribution in [2.24, 2.45) is 5.10 Å². The van der Waals surface area contributed by atoms with Crippen molar-refractivity contribution in [2.45, 2.75) is 6.18 Å². The third-order valence-electron chi connectivity index (χ3n) is 3.45. The molecule has 1 amide bonds. The van der Waals surface area contributed by atoms with Gasteiger partial charge in [-0.25, -0.2) is 18.2 Å². The van der Waals surface area contributed by atoms with Crippen molar-refractivity contribution in [1.29, 1.82) is 0 Å². The highest BCUT2D eigenvalue weighted by atomic mass is 32.2. The van der Waals surface area contributed by atoms with Crippen molar-refractivity contribution in [2.75, 3.05) is 17.1 Å². The fraction of sp³-hybridized carbons (Fsp3) is 0.176. The zero-order valence-corrected chi connectivity index (χ0v) is 15.3. The predicted molar refractivity (Wildman–Crippen MR) is 95.8 cm³/mol. The topological polar surface area (TPSA) is 78.8 Å². The van der Waals surface area contributed by atoms with Gasteiger partial charge in [-0.05, 0) is 24.3 Å². The second kappa shape index (κ2) is 8.38. The van der Waals surface area contributed by atoms with Gasteiger partial charge in [0.1, 0.15) is 12.4 Å². The number of rotatable bonds is 6. The van der Waals surface area contributed by atoms with Gasteiger partial charge in [0.25, 0.3) is 5.91 Å². The van der Waals surface area contributed by atoms with Crippen molar-refractivity contribution in [1.82, 2.24) is 5.43 Å². The molecule has 0 unspecified atom stereocenters. The molecule has 2 aromatic carbocycles. The summed E-state index contributed by atoms with van der Waals surface area (Å²) in [5.41, 5.74) is 0.708. The maximum atomic E-state index is 13.5. The fourth-order valence-corrected chi connectivity index (χ4v) is 3.01. The maximum Gasteiger partial charge on any atom is 0.416 e. The minimum Gasteiger partial charge on any atom is -0.271 e. The van der Waals surface area contributed by atoms with Gasteiger partial charge in [0.2, 0.25) is 10.0 Å². The third kappa shape index (κ3) is 5.78. The average molecular weight is 417 g/mol. The summed E-state index contributed by atoms with van der Waals surface area (Å²) in [7, 11) is -4.07. The molecule has 0 aliphatic carbocycles. The van der Waals surface area contributed by atoms with Crippen LogP contribution in [0.15, 0.2) is 53.6 Å². The van der Waals surface area contributed by atoms with Crippen LogP contribution >= 0.6 is 0 Å². The highest BCUT2D eigenvalue weighted by molar-refractivity contribution is 7.92. The van der Waals surface area contributed by atoms with E-state index in [2.05, 4.69) is 5.10 Å². The molecular weight excluding hydrogens is 402 g/mol. The summed E-state index contributed by atoms with van der Waals surface area (Å²) in [6.07, 6.45) is -2.91. The molecule has 0 radical (unpaired) electrons. The monoisotopic (exact) mass is 417 g/mol. The van der Waals surface area contributed by atoms with Gasteiger partial charge in [0.15, 0.2) is 0 Å². The molecular formula is C17H15F4N3O3S. The Balaban J connectivity index is 2.17. The second-order valence-corrected chi connectivity index (χ2v) is 7.54. The average Bonchev–Trinajstić information content (AvgIpc) is 2.60. The van der Waals surface area contributed by atoms with Crippen molar-refractivity contribution in [3.8, 4) is 0 Å². The molecule has 0 aromatic heterocycles. The molecule has 0 bridgehead atoms. The molecule has 1 N–H and O–H groups in total. The molecule has 6 nitrogen and oxygen atoms in total. The fourth-order valence-electron chi connectivity index (χ4n) is 2.16. The molecule has 0 heterocycles. The van der Waals surface area contributed by atoms with E-state index in [4.69, 9.17) is 0 Å². The first-order valence-electron chi connectivity index (χ1n) is 7.70. The number of benzene rings is 2. The Morgan fingerprint density at radius 3 is 2.46 bits per heavy atom. The number of anilines is 1. The van der Waals surface area contributed by atoms with E-state index >= 15 is 0 Å². The molecule has 0 saturated heterocycles. The lowest BCUT2D eigenvalue weighted by Crippen LogP contribution is -2.39. The summed E-state index contributed by atoms with van der Waals surface area (Å²) < 4.78 is 76.4. The Labute approximate surface area is 158 Å². The van der Waals surface area contributed by atoms with Crippen molar-refractivity contribution in [3.63, 3.8) is 0 Å².